The normalized spacial score (nSPS) is 11.5. The SMILES string of the molecule is Cc1cccc(/C=C(\NC(=O)c2ccccc2)C(=O)Nc2ccc(SCC(=O)Nc3ccc(Cl)cc3C(F)(F)F)cc2)c1. The molecule has 0 saturated heterocycles. The molecule has 4 aromatic carbocycles. The summed E-state index contributed by atoms with van der Waals surface area (Å²) in [5.41, 5.74) is 1.15. The van der Waals surface area contributed by atoms with E-state index in [-0.39, 0.29) is 22.2 Å². The van der Waals surface area contributed by atoms with E-state index in [1.165, 1.54) is 6.07 Å². The number of carbonyl (C=O) groups is 3. The van der Waals surface area contributed by atoms with Gasteiger partial charge in [-0.25, -0.2) is 0 Å². The van der Waals surface area contributed by atoms with Crippen molar-refractivity contribution in [2.45, 2.75) is 18.0 Å². The summed E-state index contributed by atoms with van der Waals surface area (Å²) in [6.07, 6.45) is -3.10. The van der Waals surface area contributed by atoms with Crippen molar-refractivity contribution in [3.8, 4) is 0 Å². The average molecular weight is 624 g/mol. The van der Waals surface area contributed by atoms with E-state index < -0.39 is 29.5 Å². The maximum Gasteiger partial charge on any atom is 0.418 e. The third kappa shape index (κ3) is 9.22. The third-order valence-electron chi connectivity index (χ3n) is 5.93. The van der Waals surface area contributed by atoms with Gasteiger partial charge in [0.25, 0.3) is 11.8 Å². The molecule has 0 heterocycles. The molecule has 3 amide bonds. The minimum absolute atomic E-state index is 0.0370. The molecule has 0 aromatic heterocycles. The Balaban J connectivity index is 1.41. The van der Waals surface area contributed by atoms with Gasteiger partial charge in [0.1, 0.15) is 5.70 Å². The van der Waals surface area contributed by atoms with Gasteiger partial charge in [0, 0.05) is 21.2 Å². The topological polar surface area (TPSA) is 87.3 Å². The second-order valence-electron chi connectivity index (χ2n) is 9.30. The number of anilines is 2. The summed E-state index contributed by atoms with van der Waals surface area (Å²) >= 11 is 6.79. The lowest BCUT2D eigenvalue weighted by Crippen LogP contribution is -2.30. The van der Waals surface area contributed by atoms with Crippen molar-refractivity contribution in [2.24, 2.45) is 0 Å². The van der Waals surface area contributed by atoms with E-state index in [2.05, 4.69) is 16.0 Å². The van der Waals surface area contributed by atoms with Gasteiger partial charge in [-0.3, -0.25) is 14.4 Å². The second kappa shape index (κ2) is 14.1. The molecule has 0 aliphatic heterocycles. The molecule has 0 spiro atoms. The van der Waals surface area contributed by atoms with Crippen molar-refractivity contribution in [3.05, 3.63) is 130 Å². The van der Waals surface area contributed by atoms with Crippen molar-refractivity contribution in [3.63, 3.8) is 0 Å². The first-order valence-electron chi connectivity index (χ1n) is 12.8. The maximum atomic E-state index is 13.3. The maximum absolute atomic E-state index is 13.3. The Morgan fingerprint density at radius 2 is 1.58 bits per heavy atom. The number of aryl methyl sites for hydroxylation is 1. The minimum Gasteiger partial charge on any atom is -0.325 e. The quantitative estimate of drug-likeness (QED) is 0.131. The van der Waals surface area contributed by atoms with Gasteiger partial charge >= 0.3 is 6.18 Å². The molecule has 0 saturated carbocycles. The molecule has 4 aromatic rings. The van der Waals surface area contributed by atoms with Gasteiger partial charge < -0.3 is 16.0 Å². The van der Waals surface area contributed by atoms with Crippen LogP contribution in [0.2, 0.25) is 5.02 Å². The standard InChI is InChI=1S/C32H25ClF3N3O3S/c1-20-6-5-7-21(16-20)17-28(39-30(41)22-8-3-2-4-9-22)31(42)37-24-11-13-25(14-12-24)43-19-29(40)38-27-15-10-23(33)18-26(27)32(34,35)36/h2-18H,19H2,1H3,(H,37,42)(H,38,40)(H,39,41)/b28-17-. The fourth-order valence-corrected chi connectivity index (χ4v) is 4.77. The van der Waals surface area contributed by atoms with Crippen molar-refractivity contribution in [1.82, 2.24) is 5.32 Å². The number of halogens is 4. The third-order valence-corrected chi connectivity index (χ3v) is 7.17. The van der Waals surface area contributed by atoms with Crippen LogP contribution in [0.3, 0.4) is 0 Å². The Morgan fingerprint density at radius 1 is 0.860 bits per heavy atom. The number of amides is 3. The van der Waals surface area contributed by atoms with Gasteiger partial charge in [0.05, 0.1) is 17.0 Å². The number of alkyl halides is 3. The van der Waals surface area contributed by atoms with Crippen molar-refractivity contribution < 1.29 is 27.6 Å². The van der Waals surface area contributed by atoms with Crippen LogP contribution in [0.25, 0.3) is 6.08 Å². The smallest absolute Gasteiger partial charge is 0.325 e. The number of rotatable bonds is 9. The van der Waals surface area contributed by atoms with Gasteiger partial charge in [0.15, 0.2) is 0 Å². The molecule has 0 unspecified atom stereocenters. The van der Waals surface area contributed by atoms with Crippen molar-refractivity contribution in [2.75, 3.05) is 16.4 Å². The van der Waals surface area contributed by atoms with Crippen molar-refractivity contribution in [1.29, 1.82) is 0 Å². The zero-order valence-electron chi connectivity index (χ0n) is 22.7. The minimum atomic E-state index is -4.68. The van der Waals surface area contributed by atoms with Crippen LogP contribution >= 0.6 is 23.4 Å². The molecule has 0 fully saturated rings. The summed E-state index contributed by atoms with van der Waals surface area (Å²) in [5.74, 6) is -1.77. The lowest BCUT2D eigenvalue weighted by molar-refractivity contribution is -0.137. The molecule has 3 N–H and O–H groups in total. The highest BCUT2D eigenvalue weighted by atomic mass is 35.5. The van der Waals surface area contributed by atoms with Gasteiger partial charge in [-0.2, -0.15) is 13.2 Å². The zero-order valence-corrected chi connectivity index (χ0v) is 24.2. The molecule has 0 atom stereocenters. The molecule has 4 rings (SSSR count). The molecule has 6 nitrogen and oxygen atoms in total. The van der Waals surface area contributed by atoms with E-state index in [1.807, 2.05) is 31.2 Å². The van der Waals surface area contributed by atoms with Crippen molar-refractivity contribution >= 4 is 58.5 Å². The van der Waals surface area contributed by atoms with Crippen LogP contribution in [0, 0.1) is 6.92 Å². The molecule has 0 aliphatic carbocycles. The van der Waals surface area contributed by atoms with E-state index in [1.54, 1.807) is 60.7 Å². The first kappa shape index (κ1) is 31.4. The molecule has 0 bridgehead atoms. The highest BCUT2D eigenvalue weighted by Gasteiger charge is 2.34. The van der Waals surface area contributed by atoms with Gasteiger partial charge in [-0.05, 0) is 73.2 Å². The first-order valence-corrected chi connectivity index (χ1v) is 14.2. The molecule has 43 heavy (non-hydrogen) atoms. The van der Waals surface area contributed by atoms with Crippen LogP contribution in [0.4, 0.5) is 24.5 Å². The summed E-state index contributed by atoms with van der Waals surface area (Å²) < 4.78 is 39.9. The van der Waals surface area contributed by atoms with E-state index in [0.29, 0.717) is 16.1 Å². The number of hydrogen-bond donors (Lipinski definition) is 3. The second-order valence-corrected chi connectivity index (χ2v) is 10.8. The summed E-state index contributed by atoms with van der Waals surface area (Å²) in [5, 5.41) is 7.63. The van der Waals surface area contributed by atoms with E-state index in [9.17, 15) is 27.6 Å². The molecule has 0 radical (unpaired) electrons. The van der Waals surface area contributed by atoms with Crippen LogP contribution in [-0.4, -0.2) is 23.5 Å². The van der Waals surface area contributed by atoms with Crippen LogP contribution < -0.4 is 16.0 Å². The Hall–Kier alpha value is -4.54. The van der Waals surface area contributed by atoms with Crippen LogP contribution in [0.15, 0.2) is 108 Å². The molecule has 220 valence electrons. The van der Waals surface area contributed by atoms with Gasteiger partial charge in [-0.1, -0.05) is 59.6 Å². The summed E-state index contributed by atoms with van der Waals surface area (Å²) in [6.45, 7) is 1.92. The van der Waals surface area contributed by atoms with E-state index in [4.69, 9.17) is 11.6 Å². The Labute approximate surface area is 255 Å². The lowest BCUT2D eigenvalue weighted by atomic mass is 10.1. The number of benzene rings is 4. The first-order chi connectivity index (χ1) is 20.5. The fraction of sp³-hybridized carbons (Fsp3) is 0.0938. The summed E-state index contributed by atoms with van der Waals surface area (Å²) in [7, 11) is 0. The van der Waals surface area contributed by atoms with Crippen LogP contribution in [0.1, 0.15) is 27.0 Å². The Kier molecular flexibility index (Phi) is 10.3. The monoisotopic (exact) mass is 623 g/mol. The summed E-state index contributed by atoms with van der Waals surface area (Å²) in [4.78, 5) is 39.0. The molecule has 0 aliphatic rings. The fourth-order valence-electron chi connectivity index (χ4n) is 3.90. The molecular weight excluding hydrogens is 599 g/mol. The predicted octanol–water partition coefficient (Wildman–Crippen LogP) is 7.81. The van der Waals surface area contributed by atoms with Gasteiger partial charge in [0.2, 0.25) is 5.91 Å². The predicted molar refractivity (Wildman–Crippen MR) is 164 cm³/mol. The van der Waals surface area contributed by atoms with E-state index >= 15 is 0 Å². The number of nitrogens with one attached hydrogen (secondary N) is 3. The lowest BCUT2D eigenvalue weighted by Gasteiger charge is -2.14. The van der Waals surface area contributed by atoms with Crippen LogP contribution in [-0.2, 0) is 15.8 Å². The number of hydrogen-bond acceptors (Lipinski definition) is 4. The Bertz CT molecular complexity index is 1660. The van der Waals surface area contributed by atoms with E-state index in [0.717, 1.165) is 35.0 Å². The highest BCUT2D eigenvalue weighted by molar-refractivity contribution is 8.00. The van der Waals surface area contributed by atoms with Crippen LogP contribution in [0.5, 0.6) is 0 Å². The molecular formula is C32H25ClF3N3O3S. The zero-order chi connectivity index (χ0) is 31.0. The highest BCUT2D eigenvalue weighted by Crippen LogP contribution is 2.36. The average Bonchev–Trinajstić information content (AvgIpc) is 2.97. The van der Waals surface area contributed by atoms with Gasteiger partial charge in [-0.15, -0.1) is 11.8 Å². The largest absolute Gasteiger partial charge is 0.418 e. The summed E-state index contributed by atoms with van der Waals surface area (Å²) in [6, 6.07) is 25.6. The Morgan fingerprint density at radius 3 is 2.26 bits per heavy atom. The number of carbonyl (C=O) groups excluding carboxylic acids is 3. The molecule has 11 heteroatoms. The number of thioether (sulfide) groups is 1.